The maximum absolute atomic E-state index is 16.0. The van der Waals surface area contributed by atoms with Crippen LogP contribution in [0, 0.1) is 0 Å². The molecule has 3 aliphatic heterocycles. The third kappa shape index (κ3) is 5.63. The van der Waals surface area contributed by atoms with E-state index in [9.17, 15) is 14.6 Å². The van der Waals surface area contributed by atoms with Crippen molar-refractivity contribution in [2.24, 2.45) is 0 Å². The van der Waals surface area contributed by atoms with E-state index in [2.05, 4.69) is 54.4 Å². The third-order valence-electron chi connectivity index (χ3n) is 7.37. The first kappa shape index (κ1) is 31.2. The molecule has 0 radical (unpaired) electrons. The first-order valence-electron chi connectivity index (χ1n) is 13.1. The number of aromatic nitrogens is 8. The normalized spacial score (nSPS) is 34.9. The third-order valence-corrected chi connectivity index (χ3v) is 11.0. The van der Waals surface area contributed by atoms with E-state index in [0.717, 1.165) is 10.9 Å². The summed E-state index contributed by atoms with van der Waals surface area (Å²) in [6.45, 7) is -1.18. The Morgan fingerprint density at radius 2 is 1.40 bits per heavy atom. The summed E-state index contributed by atoms with van der Waals surface area (Å²) < 4.78 is 68.5. The van der Waals surface area contributed by atoms with Crippen LogP contribution in [0.2, 0.25) is 0 Å². The number of thiol groups is 2. The van der Waals surface area contributed by atoms with Crippen LogP contribution in [0.5, 0.6) is 0 Å². The molecule has 0 amide bonds. The van der Waals surface area contributed by atoms with Gasteiger partial charge in [0.25, 0.3) is 0 Å². The average Bonchev–Trinajstić information content (AvgIpc) is 3.72. The number of nitrogen functional groups attached to an aromatic ring is 2. The number of halogens is 2. The van der Waals surface area contributed by atoms with E-state index in [1.165, 1.54) is 17.2 Å². The van der Waals surface area contributed by atoms with Crippen LogP contribution < -0.4 is 17.0 Å². The SMILES string of the molecule is Nc1nc2c(ncn2[C@@H]2O[C@@H]3CO[PH](O)(S)O[C@H]4[C@@H](F)[C@H](n5cnc6c(N)ncnc65)O[C@@H]4CO[PH](O)(S)O[C@H]3[C@H]2F)c(=O)[nH]1. The van der Waals surface area contributed by atoms with Crippen molar-refractivity contribution in [3.8, 4) is 0 Å². The number of fused-ring (bicyclic) bond motifs is 4. The second-order valence-corrected chi connectivity index (χ2v) is 16.9. The molecule has 45 heavy (non-hydrogen) atoms. The molecule has 7 N–H and O–H groups in total. The van der Waals surface area contributed by atoms with Crippen molar-refractivity contribution < 1.29 is 46.1 Å². The predicted octanol–water partition coefficient (Wildman–Crippen LogP) is 0.0761. The summed E-state index contributed by atoms with van der Waals surface area (Å²) in [4.78, 5) is 56.6. The van der Waals surface area contributed by atoms with Crippen molar-refractivity contribution in [3.63, 3.8) is 0 Å². The first-order chi connectivity index (χ1) is 21.3. The summed E-state index contributed by atoms with van der Waals surface area (Å²) in [6.07, 6.45) is -9.18. The van der Waals surface area contributed by atoms with Crippen molar-refractivity contribution in [2.75, 3.05) is 24.7 Å². The number of anilines is 2. The number of hydrogen-bond acceptors (Lipinski definition) is 18. The fourth-order valence-corrected chi connectivity index (χ4v) is 8.72. The Kier molecular flexibility index (Phi) is 7.90. The Morgan fingerprint density at radius 1 is 0.867 bits per heavy atom. The van der Waals surface area contributed by atoms with E-state index in [1.807, 2.05) is 0 Å². The van der Waals surface area contributed by atoms with Crippen molar-refractivity contribution in [1.29, 1.82) is 0 Å². The molecule has 3 aliphatic rings. The van der Waals surface area contributed by atoms with Gasteiger partial charge in [-0.1, -0.05) is 0 Å². The number of nitrogens with one attached hydrogen (secondary N) is 1. The number of nitrogens with two attached hydrogens (primary N) is 2. The Labute approximate surface area is 261 Å². The van der Waals surface area contributed by atoms with E-state index in [0.29, 0.717) is 0 Å². The van der Waals surface area contributed by atoms with Gasteiger partial charge in [-0.15, -0.1) is 0 Å². The molecule has 3 saturated heterocycles. The molecule has 8 atom stereocenters. The van der Waals surface area contributed by atoms with Crippen molar-refractivity contribution >= 4 is 72.9 Å². The molecule has 0 aromatic carbocycles. The van der Waals surface area contributed by atoms with Gasteiger partial charge < -0.3 is 0 Å². The molecule has 7 rings (SSSR count). The summed E-state index contributed by atoms with van der Waals surface area (Å²) >= 11 is 8.25. The monoisotopic (exact) mass is 714 g/mol. The molecule has 246 valence electrons. The van der Waals surface area contributed by atoms with E-state index < -0.39 is 82.3 Å². The Hall–Kier alpha value is -2.40. The van der Waals surface area contributed by atoms with Crippen LogP contribution in [0.1, 0.15) is 12.5 Å². The number of hydrogen-bond donors (Lipinski definition) is 7. The molecule has 0 saturated carbocycles. The molecule has 0 spiro atoms. The van der Waals surface area contributed by atoms with Gasteiger partial charge in [-0.05, 0) is 0 Å². The molecule has 0 aliphatic carbocycles. The minimum absolute atomic E-state index is 0.0588. The number of alkyl halides is 2. The quantitative estimate of drug-likeness (QED) is 0.107. The Balaban J connectivity index is 1.16. The number of aromatic amines is 1. The van der Waals surface area contributed by atoms with E-state index in [1.54, 1.807) is 0 Å². The summed E-state index contributed by atoms with van der Waals surface area (Å²) in [5, 5.41) is 0. The minimum atomic E-state index is -4.52. The van der Waals surface area contributed by atoms with Crippen LogP contribution in [0.25, 0.3) is 22.3 Å². The zero-order valence-electron chi connectivity index (χ0n) is 22.5. The molecule has 3 fully saturated rings. The van der Waals surface area contributed by atoms with Gasteiger partial charge in [0.15, 0.2) is 0 Å². The Bertz CT molecular complexity index is 1820. The van der Waals surface area contributed by atoms with E-state index in [4.69, 9.17) is 39.0 Å². The van der Waals surface area contributed by atoms with E-state index in [-0.39, 0.29) is 34.1 Å². The standard InChI is InChI=1S/C20H26F2N10O9P2S2/c21-8-12-6(38-18(8)31-4-27-10-14(23)25-3-26-15(10)31)1-36-43(35,45)41-13-7(2-37-42(34,44)40-12)39-19(9(13)22)32-5-28-11-16(32)29-20(24)30-17(11)33/h3-9,12-13,18-19,34-35,42-45H,1-2H2,(H2,23,25,26)(H3,24,29,30,33)/t6-,7-,8-,9-,12-,13-,18-,19-/m1/s1. The molecule has 25 heteroatoms. The predicted molar refractivity (Wildman–Crippen MR) is 161 cm³/mol. The molecular formula is C20H26F2N10O9P2S2. The molecule has 19 nitrogen and oxygen atoms in total. The van der Waals surface area contributed by atoms with Crippen LogP contribution in [0.3, 0.4) is 0 Å². The van der Waals surface area contributed by atoms with Crippen LogP contribution in [-0.2, 0) is 27.6 Å². The second kappa shape index (κ2) is 11.4. The number of nitrogens with zero attached hydrogens (tertiary/aromatic N) is 7. The topological polar surface area (TPSA) is 255 Å². The number of rotatable bonds is 2. The summed E-state index contributed by atoms with van der Waals surface area (Å²) in [5.74, 6) is -0.189. The molecule has 0 bridgehead atoms. The number of imidazole rings is 2. The summed E-state index contributed by atoms with van der Waals surface area (Å²) in [5.41, 5.74) is 11.0. The first-order valence-corrected chi connectivity index (χ1v) is 19.2. The summed E-state index contributed by atoms with van der Waals surface area (Å²) in [6, 6.07) is 0. The van der Waals surface area contributed by atoms with Gasteiger partial charge in [0, 0.05) is 0 Å². The van der Waals surface area contributed by atoms with Crippen molar-refractivity contribution in [3.05, 3.63) is 29.3 Å². The van der Waals surface area contributed by atoms with Crippen LogP contribution >= 0.6 is 38.8 Å². The second-order valence-electron chi connectivity index (χ2n) is 10.3. The van der Waals surface area contributed by atoms with Gasteiger partial charge in [-0.25, -0.2) is 0 Å². The zero-order valence-corrected chi connectivity index (χ0v) is 26.2. The van der Waals surface area contributed by atoms with Gasteiger partial charge in [0.2, 0.25) is 0 Å². The van der Waals surface area contributed by atoms with Crippen LogP contribution in [0.4, 0.5) is 20.5 Å². The Morgan fingerprint density at radius 3 is 1.98 bits per heavy atom. The zero-order chi connectivity index (χ0) is 31.8. The molecule has 7 heterocycles. The average molecular weight is 715 g/mol. The van der Waals surface area contributed by atoms with Gasteiger partial charge >= 0.3 is 261 Å². The fourth-order valence-electron chi connectivity index (χ4n) is 5.38. The van der Waals surface area contributed by atoms with Crippen molar-refractivity contribution in [2.45, 2.75) is 49.2 Å². The molecule has 4 aromatic rings. The van der Waals surface area contributed by atoms with Gasteiger partial charge in [-0.2, -0.15) is 0 Å². The maximum atomic E-state index is 16.0. The van der Waals surface area contributed by atoms with Crippen LogP contribution in [-0.4, -0.2) is 98.8 Å². The molecule has 0 unspecified atom stereocenters. The number of ether oxygens (including phenoxy) is 2. The van der Waals surface area contributed by atoms with Gasteiger partial charge in [0.05, 0.1) is 0 Å². The van der Waals surface area contributed by atoms with Crippen LogP contribution in [0.15, 0.2) is 23.8 Å². The summed E-state index contributed by atoms with van der Waals surface area (Å²) in [7, 11) is -9.03. The molecule has 4 aromatic heterocycles. The fraction of sp³-hybridized carbons (Fsp3) is 0.500. The van der Waals surface area contributed by atoms with E-state index >= 15 is 8.78 Å². The molecular weight excluding hydrogens is 688 g/mol. The van der Waals surface area contributed by atoms with Crippen molar-refractivity contribution in [1.82, 2.24) is 39.0 Å². The van der Waals surface area contributed by atoms with Gasteiger partial charge in [-0.3, -0.25) is 0 Å². The number of H-pyrrole nitrogens is 1. The van der Waals surface area contributed by atoms with Gasteiger partial charge in [0.1, 0.15) is 0 Å².